The molecule has 0 saturated heterocycles. The number of fused-ring (bicyclic) bond motifs is 1. The van der Waals surface area contributed by atoms with Gasteiger partial charge in [0.25, 0.3) is 5.91 Å². The Bertz CT molecular complexity index is 1170. The van der Waals surface area contributed by atoms with E-state index in [9.17, 15) is 21.6 Å². The van der Waals surface area contributed by atoms with E-state index in [-0.39, 0.29) is 16.8 Å². The molecule has 10 heteroatoms. The van der Waals surface area contributed by atoms with Crippen LogP contribution in [0.3, 0.4) is 0 Å². The van der Waals surface area contributed by atoms with Crippen molar-refractivity contribution in [3.8, 4) is 0 Å². The lowest BCUT2D eigenvalue weighted by molar-refractivity contribution is 0.0939. The van der Waals surface area contributed by atoms with Crippen molar-refractivity contribution in [2.24, 2.45) is 0 Å². The lowest BCUT2D eigenvalue weighted by atomic mass is 10.1. The smallest absolute Gasteiger partial charge is 0.251 e. The van der Waals surface area contributed by atoms with Gasteiger partial charge in [0.2, 0.25) is 20.0 Å². The van der Waals surface area contributed by atoms with Crippen LogP contribution < -0.4 is 9.62 Å². The summed E-state index contributed by atoms with van der Waals surface area (Å²) >= 11 is 0. The molecule has 1 N–H and O–H groups in total. The molecule has 0 aliphatic carbocycles. The highest BCUT2D eigenvalue weighted by Crippen LogP contribution is 2.31. The molecule has 0 spiro atoms. The molecule has 0 saturated carbocycles. The number of nitrogens with one attached hydrogen (secondary N) is 1. The predicted molar refractivity (Wildman–Crippen MR) is 116 cm³/mol. The van der Waals surface area contributed by atoms with Crippen LogP contribution in [0.4, 0.5) is 5.69 Å². The molecule has 1 amide bonds. The van der Waals surface area contributed by atoms with Gasteiger partial charge in [-0.2, -0.15) is 0 Å². The number of nitrogens with zero attached hydrogens (tertiary/aromatic N) is 2. The number of hydrogen-bond donors (Lipinski definition) is 1. The Hall–Kier alpha value is -2.43. The molecule has 1 unspecified atom stereocenters. The highest BCUT2D eigenvalue weighted by molar-refractivity contribution is 7.92. The van der Waals surface area contributed by atoms with Gasteiger partial charge < -0.3 is 5.32 Å². The van der Waals surface area contributed by atoms with Crippen molar-refractivity contribution < 1.29 is 21.6 Å². The lowest BCUT2D eigenvalue weighted by Gasteiger charge is -2.18. The molecule has 0 bridgehead atoms. The third-order valence-corrected chi connectivity index (χ3v) is 8.11. The Morgan fingerprint density at radius 2 is 1.70 bits per heavy atom. The van der Waals surface area contributed by atoms with Crippen LogP contribution in [0.5, 0.6) is 0 Å². The van der Waals surface area contributed by atoms with E-state index in [4.69, 9.17) is 0 Å². The molecular formula is C20H25N3O5S2. The monoisotopic (exact) mass is 451 g/mol. The summed E-state index contributed by atoms with van der Waals surface area (Å²) in [6, 6.07) is 11.0. The van der Waals surface area contributed by atoms with Gasteiger partial charge in [0.15, 0.2) is 0 Å². The average Bonchev–Trinajstić information content (AvgIpc) is 3.11. The normalized spacial score (nSPS) is 15.2. The molecule has 1 atom stereocenters. The van der Waals surface area contributed by atoms with E-state index in [1.165, 1.54) is 36.8 Å². The molecule has 1 aliphatic heterocycles. The van der Waals surface area contributed by atoms with Crippen LogP contribution in [0, 0.1) is 0 Å². The second-order valence-electron chi connectivity index (χ2n) is 7.48. The first-order chi connectivity index (χ1) is 13.9. The second-order valence-corrected chi connectivity index (χ2v) is 11.5. The molecular weight excluding hydrogens is 426 g/mol. The highest BCUT2D eigenvalue weighted by Gasteiger charge is 2.27. The van der Waals surface area contributed by atoms with E-state index in [1.54, 1.807) is 30.3 Å². The van der Waals surface area contributed by atoms with E-state index in [2.05, 4.69) is 5.32 Å². The van der Waals surface area contributed by atoms with Gasteiger partial charge in [0.1, 0.15) is 0 Å². The van der Waals surface area contributed by atoms with Crippen LogP contribution in [0.1, 0.15) is 34.5 Å². The van der Waals surface area contributed by atoms with Crippen LogP contribution in [0.2, 0.25) is 0 Å². The largest absolute Gasteiger partial charge is 0.346 e. The SMILES string of the molecule is CC(NC(=O)c1ccc2c(c1)CCN2S(C)(=O)=O)c1ccc(S(=O)(=O)N(C)C)cc1. The summed E-state index contributed by atoms with van der Waals surface area (Å²) in [5.74, 6) is -0.284. The van der Waals surface area contributed by atoms with Gasteiger partial charge in [-0.05, 0) is 54.8 Å². The molecule has 0 radical (unpaired) electrons. The molecule has 1 heterocycles. The zero-order valence-corrected chi connectivity index (χ0v) is 18.9. The summed E-state index contributed by atoms with van der Waals surface area (Å²) in [6.45, 7) is 2.18. The van der Waals surface area contributed by atoms with E-state index < -0.39 is 20.0 Å². The molecule has 1 aliphatic rings. The third-order valence-electron chi connectivity index (χ3n) is 5.10. The molecule has 0 fully saturated rings. The van der Waals surface area contributed by atoms with Crippen molar-refractivity contribution in [1.82, 2.24) is 9.62 Å². The number of hydrogen-bond acceptors (Lipinski definition) is 5. The maximum Gasteiger partial charge on any atom is 0.251 e. The van der Waals surface area contributed by atoms with Crippen molar-refractivity contribution in [1.29, 1.82) is 0 Å². The molecule has 30 heavy (non-hydrogen) atoms. The second kappa shape index (κ2) is 8.01. The topological polar surface area (TPSA) is 104 Å². The maximum absolute atomic E-state index is 12.7. The van der Waals surface area contributed by atoms with Crippen LogP contribution in [0.15, 0.2) is 47.4 Å². The van der Waals surface area contributed by atoms with Crippen molar-refractivity contribution >= 4 is 31.6 Å². The van der Waals surface area contributed by atoms with Crippen molar-refractivity contribution in [3.05, 3.63) is 59.2 Å². The number of amides is 1. The molecule has 2 aromatic rings. The number of carbonyl (C=O) groups is 1. The van der Waals surface area contributed by atoms with Gasteiger partial charge in [-0.15, -0.1) is 0 Å². The van der Waals surface area contributed by atoms with Gasteiger partial charge in [-0.25, -0.2) is 21.1 Å². The van der Waals surface area contributed by atoms with Crippen molar-refractivity contribution in [3.63, 3.8) is 0 Å². The fraction of sp³-hybridized carbons (Fsp3) is 0.350. The minimum absolute atomic E-state index is 0.184. The Morgan fingerprint density at radius 1 is 1.07 bits per heavy atom. The molecule has 3 rings (SSSR count). The van der Waals surface area contributed by atoms with Gasteiger partial charge in [0, 0.05) is 26.2 Å². The first-order valence-corrected chi connectivity index (χ1v) is 12.6. The standard InChI is InChI=1S/C20H25N3O5S2/c1-14(15-5-8-18(9-6-15)30(27,28)22(2)3)21-20(24)17-7-10-19-16(13-17)11-12-23(19)29(4,25)26/h5-10,13-14H,11-12H2,1-4H3,(H,21,24). The quantitative estimate of drug-likeness (QED) is 0.721. The van der Waals surface area contributed by atoms with Crippen molar-refractivity contribution in [2.75, 3.05) is 31.2 Å². The van der Waals surface area contributed by atoms with E-state index in [1.807, 2.05) is 6.92 Å². The average molecular weight is 452 g/mol. The summed E-state index contributed by atoms with van der Waals surface area (Å²) < 4.78 is 50.5. The fourth-order valence-electron chi connectivity index (χ4n) is 3.36. The number of sulfonamides is 2. The summed E-state index contributed by atoms with van der Waals surface area (Å²) in [7, 11) is -3.90. The van der Waals surface area contributed by atoms with E-state index in [0.717, 1.165) is 15.4 Å². The van der Waals surface area contributed by atoms with Crippen molar-refractivity contribution in [2.45, 2.75) is 24.3 Å². The minimum Gasteiger partial charge on any atom is -0.346 e. The first-order valence-electron chi connectivity index (χ1n) is 9.35. The van der Waals surface area contributed by atoms with Gasteiger partial charge in [-0.3, -0.25) is 9.10 Å². The fourth-order valence-corrected chi connectivity index (χ4v) is 5.22. The maximum atomic E-state index is 12.7. The van der Waals surface area contributed by atoms with Gasteiger partial charge in [-0.1, -0.05) is 12.1 Å². The first kappa shape index (κ1) is 22.3. The summed E-state index contributed by atoms with van der Waals surface area (Å²) in [5, 5.41) is 2.90. The highest BCUT2D eigenvalue weighted by atomic mass is 32.2. The zero-order valence-electron chi connectivity index (χ0n) is 17.3. The van der Waals surface area contributed by atoms with Gasteiger partial charge >= 0.3 is 0 Å². The Balaban J connectivity index is 1.74. The van der Waals surface area contributed by atoms with E-state index in [0.29, 0.717) is 24.2 Å². The summed E-state index contributed by atoms with van der Waals surface area (Å²) in [5.41, 5.74) is 2.65. The number of benzene rings is 2. The lowest BCUT2D eigenvalue weighted by Crippen LogP contribution is -2.28. The Kier molecular flexibility index (Phi) is 5.94. The number of rotatable bonds is 6. The minimum atomic E-state index is -3.51. The Morgan fingerprint density at radius 3 is 2.27 bits per heavy atom. The third kappa shape index (κ3) is 4.35. The predicted octanol–water partition coefficient (Wildman–Crippen LogP) is 1.75. The van der Waals surface area contributed by atoms with Gasteiger partial charge in [0.05, 0.1) is 22.9 Å². The Labute approximate surface area is 177 Å². The summed E-state index contributed by atoms with van der Waals surface area (Å²) in [4.78, 5) is 12.9. The van der Waals surface area contributed by atoms with Crippen LogP contribution in [-0.4, -0.2) is 53.9 Å². The van der Waals surface area contributed by atoms with Crippen LogP contribution >= 0.6 is 0 Å². The molecule has 8 nitrogen and oxygen atoms in total. The molecule has 0 aromatic heterocycles. The number of carbonyl (C=O) groups excluding carboxylic acids is 1. The molecule has 162 valence electrons. The van der Waals surface area contributed by atoms with Crippen LogP contribution in [-0.2, 0) is 26.5 Å². The van der Waals surface area contributed by atoms with E-state index >= 15 is 0 Å². The zero-order chi connectivity index (χ0) is 22.3. The molecule has 2 aromatic carbocycles. The number of anilines is 1. The summed E-state index contributed by atoms with van der Waals surface area (Å²) in [6.07, 6.45) is 1.72. The van der Waals surface area contributed by atoms with Crippen LogP contribution in [0.25, 0.3) is 0 Å².